The quantitative estimate of drug-likeness (QED) is 0.731. The Labute approximate surface area is 141 Å². The number of fused-ring (bicyclic) bond motifs is 3. The molecule has 0 saturated carbocycles. The highest BCUT2D eigenvalue weighted by molar-refractivity contribution is 5.74. The number of nitrogens with one attached hydrogen (secondary N) is 1. The lowest BCUT2D eigenvalue weighted by molar-refractivity contribution is 0.144. The first kappa shape index (κ1) is 15.0. The van der Waals surface area contributed by atoms with E-state index in [1.54, 1.807) is 7.11 Å². The fourth-order valence-corrected chi connectivity index (χ4v) is 3.21. The summed E-state index contributed by atoms with van der Waals surface area (Å²) < 4.78 is 12.7. The minimum Gasteiger partial charge on any atom is -0.474 e. The van der Waals surface area contributed by atoms with Crippen molar-refractivity contribution in [1.29, 1.82) is 0 Å². The number of hydrogen-bond donors (Lipinski definition) is 1. The van der Waals surface area contributed by atoms with Gasteiger partial charge in [-0.3, -0.25) is 0 Å². The lowest BCUT2D eigenvalue weighted by Gasteiger charge is -2.27. The minimum absolute atomic E-state index is 0.319. The number of aromatic nitrogens is 2. The number of hydrogen-bond acceptors (Lipinski definition) is 4. The van der Waals surface area contributed by atoms with Crippen molar-refractivity contribution in [2.24, 2.45) is 0 Å². The first-order valence-corrected chi connectivity index (χ1v) is 8.29. The molecule has 24 heavy (non-hydrogen) atoms. The van der Waals surface area contributed by atoms with E-state index in [-0.39, 0.29) is 0 Å². The van der Waals surface area contributed by atoms with Gasteiger partial charge in [0.25, 0.3) is 0 Å². The van der Waals surface area contributed by atoms with Crippen LogP contribution in [0.3, 0.4) is 0 Å². The molecule has 0 spiro atoms. The summed E-state index contributed by atoms with van der Waals surface area (Å²) in [7, 11) is 1.66. The molecule has 3 heterocycles. The number of pyridine rings is 1. The Kier molecular flexibility index (Phi) is 4.09. The maximum atomic E-state index is 5.65. The van der Waals surface area contributed by atoms with Crippen LogP contribution in [0.2, 0.25) is 0 Å². The molecule has 5 heteroatoms. The normalized spacial score (nSPS) is 16.6. The van der Waals surface area contributed by atoms with Gasteiger partial charge in [-0.05, 0) is 30.0 Å². The van der Waals surface area contributed by atoms with Crippen LogP contribution in [-0.4, -0.2) is 29.7 Å². The van der Waals surface area contributed by atoms with Gasteiger partial charge in [0.15, 0.2) is 5.65 Å². The van der Waals surface area contributed by atoms with E-state index >= 15 is 0 Å². The van der Waals surface area contributed by atoms with Crippen LogP contribution in [0.4, 0.5) is 5.69 Å². The van der Waals surface area contributed by atoms with Crippen LogP contribution >= 0.6 is 0 Å². The van der Waals surface area contributed by atoms with Crippen molar-refractivity contribution in [2.45, 2.75) is 18.9 Å². The number of benzene rings is 1. The zero-order chi connectivity index (χ0) is 16.4. The third-order valence-electron chi connectivity index (χ3n) is 4.45. The van der Waals surface area contributed by atoms with Gasteiger partial charge in [-0.2, -0.15) is 4.98 Å². The van der Waals surface area contributed by atoms with Crippen molar-refractivity contribution >= 4 is 11.3 Å². The smallest absolute Gasteiger partial charge is 0.232 e. The fourth-order valence-electron chi connectivity index (χ4n) is 3.21. The molecular formula is C19H21N3O2. The SMILES string of the molecule is COCCOc1cn2ccc3c(c2n1)NC(c1ccccc1)CC3. The van der Waals surface area contributed by atoms with Gasteiger partial charge in [0.1, 0.15) is 6.61 Å². The van der Waals surface area contributed by atoms with E-state index in [1.165, 1.54) is 11.1 Å². The summed E-state index contributed by atoms with van der Waals surface area (Å²) in [5.41, 5.74) is 4.65. The molecular weight excluding hydrogens is 302 g/mol. The van der Waals surface area contributed by atoms with Crippen molar-refractivity contribution < 1.29 is 9.47 Å². The lowest BCUT2D eigenvalue weighted by Crippen LogP contribution is -2.18. The van der Waals surface area contributed by atoms with Crippen molar-refractivity contribution in [3.8, 4) is 5.88 Å². The van der Waals surface area contributed by atoms with Gasteiger partial charge in [0.05, 0.1) is 24.5 Å². The number of imidazole rings is 1. The maximum absolute atomic E-state index is 5.65. The van der Waals surface area contributed by atoms with E-state index in [1.807, 2.05) is 10.6 Å². The number of anilines is 1. The summed E-state index contributed by atoms with van der Waals surface area (Å²) in [5, 5.41) is 3.67. The average molecular weight is 323 g/mol. The predicted molar refractivity (Wildman–Crippen MR) is 93.7 cm³/mol. The Hall–Kier alpha value is -2.53. The molecule has 4 rings (SSSR count). The third-order valence-corrected chi connectivity index (χ3v) is 4.45. The van der Waals surface area contributed by atoms with Crippen LogP contribution < -0.4 is 10.1 Å². The van der Waals surface area contributed by atoms with E-state index in [9.17, 15) is 0 Å². The van der Waals surface area contributed by atoms with Crippen molar-refractivity contribution in [3.05, 3.63) is 59.9 Å². The van der Waals surface area contributed by atoms with Crippen LogP contribution in [0.5, 0.6) is 5.88 Å². The van der Waals surface area contributed by atoms with Gasteiger partial charge in [-0.1, -0.05) is 30.3 Å². The maximum Gasteiger partial charge on any atom is 0.232 e. The average Bonchev–Trinajstić information content (AvgIpc) is 3.06. The Bertz CT molecular complexity index is 829. The molecule has 2 aromatic heterocycles. The summed E-state index contributed by atoms with van der Waals surface area (Å²) in [5.74, 6) is 0.629. The molecule has 1 aromatic carbocycles. The molecule has 124 valence electrons. The number of aryl methyl sites for hydroxylation is 1. The van der Waals surface area contributed by atoms with Gasteiger partial charge >= 0.3 is 0 Å². The molecule has 0 bridgehead atoms. The van der Waals surface area contributed by atoms with Crippen LogP contribution in [0.25, 0.3) is 5.65 Å². The molecule has 1 aliphatic heterocycles. The second-order valence-corrected chi connectivity index (χ2v) is 6.01. The van der Waals surface area contributed by atoms with Gasteiger partial charge in [0.2, 0.25) is 5.88 Å². The van der Waals surface area contributed by atoms with Crippen LogP contribution in [0, 0.1) is 0 Å². The van der Waals surface area contributed by atoms with Gasteiger partial charge in [-0.25, -0.2) is 0 Å². The summed E-state index contributed by atoms with van der Waals surface area (Å²) in [6.07, 6.45) is 6.10. The highest BCUT2D eigenvalue weighted by Crippen LogP contribution is 2.35. The first-order valence-electron chi connectivity index (χ1n) is 8.29. The molecule has 1 N–H and O–H groups in total. The highest BCUT2D eigenvalue weighted by Gasteiger charge is 2.22. The zero-order valence-electron chi connectivity index (χ0n) is 13.7. The molecule has 5 nitrogen and oxygen atoms in total. The Morgan fingerprint density at radius 2 is 2.08 bits per heavy atom. The first-order chi connectivity index (χ1) is 11.8. The third kappa shape index (κ3) is 2.83. The van der Waals surface area contributed by atoms with E-state index < -0.39 is 0 Å². The second kappa shape index (κ2) is 6.53. The molecule has 3 aromatic rings. The molecule has 0 radical (unpaired) electrons. The largest absolute Gasteiger partial charge is 0.474 e. The van der Waals surface area contributed by atoms with Gasteiger partial charge in [-0.15, -0.1) is 0 Å². The summed E-state index contributed by atoms with van der Waals surface area (Å²) in [6, 6.07) is 13.1. The van der Waals surface area contributed by atoms with E-state index in [2.05, 4.69) is 52.9 Å². The number of nitrogens with zero attached hydrogens (tertiary/aromatic N) is 2. The summed E-state index contributed by atoms with van der Waals surface area (Å²) in [4.78, 5) is 4.65. The van der Waals surface area contributed by atoms with Crippen LogP contribution in [0.15, 0.2) is 48.8 Å². The Morgan fingerprint density at radius 1 is 1.21 bits per heavy atom. The molecule has 0 aliphatic carbocycles. The van der Waals surface area contributed by atoms with Gasteiger partial charge in [0, 0.05) is 13.3 Å². The molecule has 0 amide bonds. The number of ether oxygens (including phenoxy) is 2. The van der Waals surface area contributed by atoms with Crippen LogP contribution in [0.1, 0.15) is 23.6 Å². The van der Waals surface area contributed by atoms with Crippen molar-refractivity contribution in [3.63, 3.8) is 0 Å². The molecule has 0 saturated heterocycles. The predicted octanol–water partition coefficient (Wildman–Crippen LogP) is 3.46. The highest BCUT2D eigenvalue weighted by atomic mass is 16.5. The second-order valence-electron chi connectivity index (χ2n) is 6.01. The summed E-state index contributed by atoms with van der Waals surface area (Å²) in [6.45, 7) is 1.06. The standard InChI is InChI=1S/C19H21N3O2/c1-23-11-12-24-17-13-22-10-9-15-7-8-16(14-5-3-2-4-6-14)20-18(15)19(22)21-17/h2-6,9-10,13,16,20H,7-8,11-12H2,1H3. The minimum atomic E-state index is 0.319. The van der Waals surface area contributed by atoms with E-state index in [0.717, 1.165) is 24.2 Å². The number of methoxy groups -OCH3 is 1. The molecule has 0 fully saturated rings. The van der Waals surface area contributed by atoms with Crippen molar-refractivity contribution in [2.75, 3.05) is 25.6 Å². The van der Waals surface area contributed by atoms with E-state index in [0.29, 0.717) is 25.1 Å². The Balaban J connectivity index is 1.64. The number of rotatable bonds is 5. The topological polar surface area (TPSA) is 47.8 Å². The molecule has 1 aliphatic rings. The van der Waals surface area contributed by atoms with Crippen molar-refractivity contribution in [1.82, 2.24) is 9.38 Å². The van der Waals surface area contributed by atoms with Crippen LogP contribution in [-0.2, 0) is 11.2 Å². The summed E-state index contributed by atoms with van der Waals surface area (Å²) >= 11 is 0. The Morgan fingerprint density at radius 3 is 2.92 bits per heavy atom. The monoisotopic (exact) mass is 323 g/mol. The van der Waals surface area contributed by atoms with E-state index in [4.69, 9.17) is 9.47 Å². The fraction of sp³-hybridized carbons (Fsp3) is 0.316. The lowest BCUT2D eigenvalue weighted by atomic mass is 9.94. The van der Waals surface area contributed by atoms with Gasteiger partial charge < -0.3 is 19.2 Å². The zero-order valence-corrected chi connectivity index (χ0v) is 13.7. The molecule has 1 atom stereocenters. The molecule has 1 unspecified atom stereocenters.